The minimum atomic E-state index is -0.511. The molecule has 0 aliphatic rings. The summed E-state index contributed by atoms with van der Waals surface area (Å²) >= 11 is 0. The highest BCUT2D eigenvalue weighted by atomic mass is 16.6. The maximum absolute atomic E-state index is 10.9. The molecule has 1 aromatic heterocycles. The van der Waals surface area contributed by atoms with E-state index in [9.17, 15) is 10.1 Å². The summed E-state index contributed by atoms with van der Waals surface area (Å²) in [6, 6.07) is 0. The first-order chi connectivity index (χ1) is 9.08. The van der Waals surface area contributed by atoms with Crippen molar-refractivity contribution >= 4 is 17.5 Å². The van der Waals surface area contributed by atoms with Gasteiger partial charge in [-0.05, 0) is 20.8 Å². The van der Waals surface area contributed by atoms with Gasteiger partial charge in [-0.15, -0.1) is 0 Å². The molecule has 1 unspecified atom stereocenters. The van der Waals surface area contributed by atoms with Crippen LogP contribution in [0, 0.1) is 10.1 Å². The zero-order valence-corrected chi connectivity index (χ0v) is 11.3. The smallest absolute Gasteiger partial charge is 0.329 e. The second kappa shape index (κ2) is 7.47. The molecule has 1 rings (SSSR count). The molecule has 0 saturated heterocycles. The van der Waals surface area contributed by atoms with Crippen molar-refractivity contribution in [3.05, 3.63) is 16.3 Å². The lowest BCUT2D eigenvalue weighted by molar-refractivity contribution is -0.384. The van der Waals surface area contributed by atoms with Crippen LogP contribution >= 0.6 is 0 Å². The van der Waals surface area contributed by atoms with Gasteiger partial charge in [0.2, 0.25) is 11.8 Å². The van der Waals surface area contributed by atoms with Crippen molar-refractivity contribution in [3.63, 3.8) is 0 Å². The molecule has 0 bridgehead atoms. The van der Waals surface area contributed by atoms with Crippen LogP contribution in [0.15, 0.2) is 6.20 Å². The first kappa shape index (κ1) is 15.1. The van der Waals surface area contributed by atoms with Crippen molar-refractivity contribution in [1.29, 1.82) is 0 Å². The fourth-order valence-electron chi connectivity index (χ4n) is 1.47. The summed E-state index contributed by atoms with van der Waals surface area (Å²) in [6.07, 6.45) is 1.14. The molecule has 0 saturated carbocycles. The van der Waals surface area contributed by atoms with Crippen LogP contribution in [0.4, 0.5) is 17.5 Å². The largest absolute Gasteiger partial charge is 0.377 e. The summed E-state index contributed by atoms with van der Waals surface area (Å²) in [4.78, 5) is 18.3. The summed E-state index contributed by atoms with van der Waals surface area (Å²) in [5.74, 6) is 0.558. The molecule has 0 aromatic carbocycles. The average molecular weight is 269 g/mol. The van der Waals surface area contributed by atoms with Crippen molar-refractivity contribution < 1.29 is 9.66 Å². The summed E-state index contributed by atoms with van der Waals surface area (Å²) in [7, 11) is 0. The van der Waals surface area contributed by atoms with Crippen molar-refractivity contribution in [1.82, 2.24) is 9.97 Å². The van der Waals surface area contributed by atoms with E-state index in [-0.39, 0.29) is 17.6 Å². The van der Waals surface area contributed by atoms with Crippen molar-refractivity contribution in [2.45, 2.75) is 26.9 Å². The Morgan fingerprint density at radius 2 is 2.21 bits per heavy atom. The van der Waals surface area contributed by atoms with Gasteiger partial charge in [0.25, 0.3) is 0 Å². The van der Waals surface area contributed by atoms with Gasteiger partial charge in [-0.3, -0.25) is 10.1 Å². The van der Waals surface area contributed by atoms with Crippen LogP contribution in [0.3, 0.4) is 0 Å². The number of ether oxygens (including phenoxy) is 1. The molecule has 1 aromatic rings. The van der Waals surface area contributed by atoms with Gasteiger partial charge in [-0.2, -0.15) is 4.98 Å². The lowest BCUT2D eigenvalue weighted by Crippen LogP contribution is -2.21. The van der Waals surface area contributed by atoms with Crippen molar-refractivity contribution in [2.75, 3.05) is 30.3 Å². The molecule has 19 heavy (non-hydrogen) atoms. The fraction of sp³-hybridized carbons (Fsp3) is 0.636. The predicted molar refractivity (Wildman–Crippen MR) is 72.4 cm³/mol. The van der Waals surface area contributed by atoms with Crippen LogP contribution in [-0.4, -0.2) is 40.7 Å². The summed E-state index contributed by atoms with van der Waals surface area (Å²) in [6.45, 7) is 7.36. The molecule has 0 fully saturated rings. The van der Waals surface area contributed by atoms with Crippen LogP contribution in [-0.2, 0) is 4.74 Å². The number of hydrogen-bond acceptors (Lipinski definition) is 7. The van der Waals surface area contributed by atoms with E-state index in [1.54, 1.807) is 0 Å². The Morgan fingerprint density at radius 1 is 1.47 bits per heavy atom. The van der Waals surface area contributed by atoms with E-state index in [0.29, 0.717) is 25.6 Å². The van der Waals surface area contributed by atoms with E-state index in [0.717, 1.165) is 0 Å². The average Bonchev–Trinajstić information content (AvgIpc) is 2.37. The van der Waals surface area contributed by atoms with Gasteiger partial charge in [0.15, 0.2) is 0 Å². The molecule has 0 radical (unpaired) electrons. The van der Waals surface area contributed by atoms with Gasteiger partial charge in [0.1, 0.15) is 6.20 Å². The molecule has 8 nitrogen and oxygen atoms in total. The van der Waals surface area contributed by atoms with Crippen LogP contribution in [0.25, 0.3) is 0 Å². The molecular weight excluding hydrogens is 250 g/mol. The highest BCUT2D eigenvalue weighted by Crippen LogP contribution is 2.21. The van der Waals surface area contributed by atoms with Crippen molar-refractivity contribution in [2.24, 2.45) is 0 Å². The molecule has 0 aliphatic carbocycles. The van der Waals surface area contributed by atoms with E-state index < -0.39 is 4.92 Å². The monoisotopic (exact) mass is 269 g/mol. The van der Waals surface area contributed by atoms with Gasteiger partial charge < -0.3 is 15.4 Å². The predicted octanol–water partition coefficient (Wildman–Crippen LogP) is 1.65. The first-order valence-electron chi connectivity index (χ1n) is 6.19. The molecule has 0 amide bonds. The third-order valence-corrected chi connectivity index (χ3v) is 2.31. The van der Waals surface area contributed by atoms with Gasteiger partial charge >= 0.3 is 5.69 Å². The Kier molecular flexibility index (Phi) is 5.94. The minimum Gasteiger partial charge on any atom is -0.377 e. The van der Waals surface area contributed by atoms with Gasteiger partial charge in [-0.25, -0.2) is 4.98 Å². The standard InChI is InChI=1S/C11H19N5O3/c1-4-12-11-14-7-9(16(17)18)10(15-11)13-6-8(3)19-5-2/h7-8H,4-6H2,1-3H3,(H2,12,13,14,15). The van der Waals surface area contributed by atoms with E-state index in [1.807, 2.05) is 20.8 Å². The Bertz CT molecular complexity index is 427. The Hall–Kier alpha value is -1.96. The first-order valence-corrected chi connectivity index (χ1v) is 6.19. The SMILES string of the molecule is CCNc1ncc([N+](=O)[O-])c(NCC(C)OCC)n1. The topological polar surface area (TPSA) is 102 Å². The molecular formula is C11H19N5O3. The molecule has 0 aliphatic heterocycles. The molecule has 106 valence electrons. The minimum absolute atomic E-state index is 0.0536. The number of anilines is 2. The third-order valence-electron chi connectivity index (χ3n) is 2.31. The molecule has 0 spiro atoms. The lowest BCUT2D eigenvalue weighted by Gasteiger charge is -2.13. The molecule has 8 heteroatoms. The summed E-state index contributed by atoms with van der Waals surface area (Å²) in [5, 5.41) is 16.7. The number of nitrogens with one attached hydrogen (secondary N) is 2. The van der Waals surface area contributed by atoms with Crippen LogP contribution in [0.2, 0.25) is 0 Å². The van der Waals surface area contributed by atoms with Crippen molar-refractivity contribution in [3.8, 4) is 0 Å². The van der Waals surface area contributed by atoms with Gasteiger partial charge in [-0.1, -0.05) is 0 Å². The molecule has 1 heterocycles. The second-order valence-corrected chi connectivity index (χ2v) is 3.86. The van der Waals surface area contributed by atoms with E-state index in [4.69, 9.17) is 4.74 Å². The zero-order chi connectivity index (χ0) is 14.3. The summed E-state index contributed by atoms with van der Waals surface area (Å²) < 4.78 is 5.35. The normalized spacial score (nSPS) is 11.9. The fourth-order valence-corrected chi connectivity index (χ4v) is 1.47. The molecule has 1 atom stereocenters. The van der Waals surface area contributed by atoms with Gasteiger partial charge in [0.05, 0.1) is 11.0 Å². The van der Waals surface area contributed by atoms with Crippen LogP contribution in [0.1, 0.15) is 20.8 Å². The van der Waals surface area contributed by atoms with E-state index in [1.165, 1.54) is 6.20 Å². The van der Waals surface area contributed by atoms with E-state index >= 15 is 0 Å². The highest BCUT2D eigenvalue weighted by Gasteiger charge is 2.17. The van der Waals surface area contributed by atoms with Gasteiger partial charge in [0, 0.05) is 19.7 Å². The lowest BCUT2D eigenvalue weighted by atomic mass is 10.4. The number of nitrogens with zero attached hydrogens (tertiary/aromatic N) is 3. The Labute approximate surface area is 111 Å². The maximum Gasteiger partial charge on any atom is 0.329 e. The third kappa shape index (κ3) is 4.66. The molecule has 2 N–H and O–H groups in total. The zero-order valence-electron chi connectivity index (χ0n) is 11.3. The highest BCUT2D eigenvalue weighted by molar-refractivity contribution is 5.56. The number of nitro groups is 1. The Morgan fingerprint density at radius 3 is 2.79 bits per heavy atom. The second-order valence-electron chi connectivity index (χ2n) is 3.86. The number of rotatable bonds is 8. The quantitative estimate of drug-likeness (QED) is 0.546. The number of hydrogen-bond donors (Lipinski definition) is 2. The number of aromatic nitrogens is 2. The van der Waals surface area contributed by atoms with Crippen LogP contribution in [0.5, 0.6) is 0 Å². The Balaban J connectivity index is 2.82. The summed E-state index contributed by atoms with van der Waals surface area (Å²) in [5.41, 5.74) is -0.148. The van der Waals surface area contributed by atoms with Crippen LogP contribution < -0.4 is 10.6 Å². The van der Waals surface area contributed by atoms with E-state index in [2.05, 4.69) is 20.6 Å². The maximum atomic E-state index is 10.9.